The van der Waals surface area contributed by atoms with Crippen molar-refractivity contribution in [3.05, 3.63) is 76.0 Å². The fraction of sp³-hybridized carbons (Fsp3) is 0.333. The molecule has 1 fully saturated rings. The topological polar surface area (TPSA) is 142 Å². The van der Waals surface area contributed by atoms with Crippen LogP contribution in [0.5, 0.6) is 0 Å². The maximum atomic E-state index is 14.1. The fourth-order valence-corrected chi connectivity index (χ4v) is 7.13. The van der Waals surface area contributed by atoms with Gasteiger partial charge in [0.2, 0.25) is 10.0 Å². The zero-order valence-corrected chi connectivity index (χ0v) is 21.7. The summed E-state index contributed by atoms with van der Waals surface area (Å²) in [5.74, 6) is -0.887. The molecule has 0 radical (unpaired) electrons. The Hall–Kier alpha value is -3.86. The third-order valence-electron chi connectivity index (χ3n) is 7.14. The fourth-order valence-electron chi connectivity index (χ4n) is 5.29. The number of sulfonamides is 1. The van der Waals surface area contributed by atoms with Gasteiger partial charge in [0.25, 0.3) is 0 Å². The first-order valence-electron chi connectivity index (χ1n) is 11.5. The summed E-state index contributed by atoms with van der Waals surface area (Å²) in [6.07, 6.45) is -0.333. The lowest BCUT2D eigenvalue weighted by molar-refractivity contribution is 0.128. The quantitative estimate of drug-likeness (QED) is 0.540. The van der Waals surface area contributed by atoms with Gasteiger partial charge in [-0.25, -0.2) is 8.42 Å². The number of nitrogens with zero attached hydrogens (tertiary/aromatic N) is 5. The molecule has 37 heavy (non-hydrogen) atoms. The van der Waals surface area contributed by atoms with Gasteiger partial charge in [-0.15, -0.1) is 0 Å². The van der Waals surface area contributed by atoms with Crippen molar-refractivity contribution >= 4 is 21.6 Å². The molecule has 1 heterocycles. The predicted octanol–water partition coefficient (Wildman–Crippen LogP) is 4.77. The number of hydrogen-bond donors (Lipinski definition) is 0. The Kier molecular flexibility index (Phi) is 6.76. The first kappa shape index (κ1) is 26.2. The second kappa shape index (κ2) is 9.55. The van der Waals surface area contributed by atoms with E-state index in [1.807, 2.05) is 31.2 Å². The van der Waals surface area contributed by atoms with Gasteiger partial charge in [0.05, 0.1) is 41.8 Å². The van der Waals surface area contributed by atoms with Crippen LogP contribution in [0.25, 0.3) is 0 Å². The van der Waals surface area contributed by atoms with Crippen LogP contribution in [-0.4, -0.2) is 25.9 Å². The molecule has 2 atom stereocenters. The number of allylic oxidation sites excluding steroid dienone is 1. The zero-order valence-electron chi connectivity index (χ0n) is 20.1. The van der Waals surface area contributed by atoms with E-state index in [1.54, 1.807) is 43.3 Å². The van der Waals surface area contributed by atoms with Crippen LogP contribution >= 0.6 is 11.6 Å². The van der Waals surface area contributed by atoms with Gasteiger partial charge in [0.1, 0.15) is 5.76 Å². The smallest absolute Gasteiger partial charge is 0.243 e. The third-order valence-corrected chi connectivity index (χ3v) is 9.33. The molecule has 2 aliphatic rings. The monoisotopic (exact) mass is 531 g/mol. The standard InChI is InChI=1S/C27H22ClN5O3S/c1-3-36-23-12-26(14-29,15-30)27(16-31,17-32)21-13-33(37(34,35)19-10-8-18(2)9-11-19)25(24(21)23)20-6-4-5-7-22(20)28/h4-11,21,25H,3,12-13H2,1-2H3/t21-,25+/m1/s1. The Morgan fingerprint density at radius 1 is 1.03 bits per heavy atom. The Morgan fingerprint density at radius 2 is 1.65 bits per heavy atom. The molecule has 4 rings (SSSR count). The number of ether oxygens (including phenoxy) is 1. The van der Waals surface area contributed by atoms with Crippen molar-refractivity contribution in [1.29, 1.82) is 21.0 Å². The summed E-state index contributed by atoms with van der Waals surface area (Å²) in [7, 11) is -4.18. The molecule has 8 nitrogen and oxygen atoms in total. The van der Waals surface area contributed by atoms with Gasteiger partial charge in [-0.3, -0.25) is 0 Å². The minimum absolute atomic E-state index is 0.0266. The van der Waals surface area contributed by atoms with Crippen molar-refractivity contribution in [1.82, 2.24) is 4.31 Å². The molecule has 1 aliphatic carbocycles. The number of fused-ring (bicyclic) bond motifs is 1. The first-order valence-corrected chi connectivity index (χ1v) is 13.3. The molecular formula is C27H22ClN5O3S. The molecule has 2 aromatic carbocycles. The number of hydrogen-bond acceptors (Lipinski definition) is 7. The predicted molar refractivity (Wildman–Crippen MR) is 133 cm³/mol. The van der Waals surface area contributed by atoms with E-state index in [0.717, 1.165) is 5.56 Å². The summed E-state index contributed by atoms with van der Waals surface area (Å²) >= 11 is 6.57. The SMILES string of the molecule is CCOC1=C2[C@H](c3ccccc3Cl)N(S(=O)(=O)c3ccc(C)cc3)C[C@H]2C(C#N)(C#N)C(C#N)(C#N)C1. The van der Waals surface area contributed by atoms with Crippen molar-refractivity contribution in [3.63, 3.8) is 0 Å². The highest BCUT2D eigenvalue weighted by Gasteiger charge is 2.68. The largest absolute Gasteiger partial charge is 0.498 e. The van der Waals surface area contributed by atoms with E-state index in [9.17, 15) is 29.5 Å². The molecule has 0 saturated carbocycles. The molecule has 0 spiro atoms. The van der Waals surface area contributed by atoms with Crippen molar-refractivity contribution in [2.24, 2.45) is 16.7 Å². The molecule has 0 aromatic heterocycles. The molecule has 10 heteroatoms. The van der Waals surface area contributed by atoms with E-state index in [2.05, 4.69) is 0 Å². The molecule has 2 aromatic rings. The highest BCUT2D eigenvalue weighted by atomic mass is 35.5. The second-order valence-corrected chi connectivity index (χ2v) is 11.3. The van der Waals surface area contributed by atoms with Crippen molar-refractivity contribution in [3.8, 4) is 24.3 Å². The Bertz CT molecular complexity index is 1530. The summed E-state index contributed by atoms with van der Waals surface area (Å²) in [4.78, 5) is 0.0266. The Labute approximate surface area is 221 Å². The summed E-state index contributed by atoms with van der Waals surface area (Å²) < 4.78 is 35.2. The number of aryl methyl sites for hydroxylation is 1. The van der Waals surface area contributed by atoms with Gasteiger partial charge < -0.3 is 4.74 Å². The molecule has 186 valence electrons. The van der Waals surface area contributed by atoms with Gasteiger partial charge >= 0.3 is 0 Å². The molecule has 0 bridgehead atoms. The van der Waals surface area contributed by atoms with Gasteiger partial charge in [0.15, 0.2) is 10.8 Å². The van der Waals surface area contributed by atoms with E-state index in [0.29, 0.717) is 11.1 Å². The van der Waals surface area contributed by atoms with Gasteiger partial charge in [-0.1, -0.05) is 47.5 Å². The maximum absolute atomic E-state index is 14.1. The van der Waals surface area contributed by atoms with Crippen LogP contribution in [0.2, 0.25) is 5.02 Å². The normalized spacial score (nSPS) is 22.1. The molecular weight excluding hydrogens is 510 g/mol. The van der Waals surface area contributed by atoms with Crippen LogP contribution in [0.3, 0.4) is 0 Å². The Balaban J connectivity index is 2.08. The minimum Gasteiger partial charge on any atom is -0.498 e. The average molecular weight is 532 g/mol. The highest BCUT2D eigenvalue weighted by molar-refractivity contribution is 7.89. The van der Waals surface area contributed by atoms with E-state index >= 15 is 0 Å². The molecule has 1 saturated heterocycles. The molecule has 0 amide bonds. The van der Waals surface area contributed by atoms with Gasteiger partial charge in [-0.05, 0) is 43.2 Å². The van der Waals surface area contributed by atoms with E-state index in [4.69, 9.17) is 16.3 Å². The zero-order chi connectivity index (χ0) is 27.0. The summed E-state index contributed by atoms with van der Waals surface area (Å²) in [5, 5.41) is 41.1. The van der Waals surface area contributed by atoms with Crippen LogP contribution in [0.4, 0.5) is 0 Å². The van der Waals surface area contributed by atoms with Gasteiger partial charge in [0, 0.05) is 23.9 Å². The maximum Gasteiger partial charge on any atom is 0.243 e. The molecule has 0 N–H and O–H groups in total. The van der Waals surface area contributed by atoms with Crippen LogP contribution in [0.15, 0.2) is 64.8 Å². The first-order chi connectivity index (χ1) is 17.7. The molecule has 1 aliphatic heterocycles. The summed E-state index contributed by atoms with van der Waals surface area (Å²) in [6, 6.07) is 19.8. The van der Waals surface area contributed by atoms with Crippen LogP contribution in [-0.2, 0) is 14.8 Å². The number of benzene rings is 2. The summed E-state index contributed by atoms with van der Waals surface area (Å²) in [5.41, 5.74) is -2.53. The van der Waals surface area contributed by atoms with Crippen LogP contribution < -0.4 is 0 Å². The summed E-state index contributed by atoms with van der Waals surface area (Å²) in [6.45, 7) is 3.42. The lowest BCUT2D eigenvalue weighted by atomic mass is 9.53. The van der Waals surface area contributed by atoms with Crippen LogP contribution in [0.1, 0.15) is 30.5 Å². The minimum atomic E-state index is -4.18. The van der Waals surface area contributed by atoms with E-state index in [-0.39, 0.29) is 35.2 Å². The number of rotatable bonds is 5. The average Bonchev–Trinajstić information content (AvgIpc) is 3.31. The molecule has 0 unspecified atom stereocenters. The second-order valence-electron chi connectivity index (χ2n) is 9.01. The van der Waals surface area contributed by atoms with Crippen LogP contribution in [0, 0.1) is 69.0 Å². The van der Waals surface area contributed by atoms with Gasteiger partial charge in [-0.2, -0.15) is 25.4 Å². The lowest BCUT2D eigenvalue weighted by Crippen LogP contribution is -2.49. The van der Waals surface area contributed by atoms with E-state index in [1.165, 1.54) is 16.4 Å². The number of nitriles is 4. The number of halogens is 1. The Morgan fingerprint density at radius 3 is 2.19 bits per heavy atom. The van der Waals surface area contributed by atoms with Crippen molar-refractivity contribution in [2.75, 3.05) is 13.2 Å². The van der Waals surface area contributed by atoms with Crippen molar-refractivity contribution < 1.29 is 13.2 Å². The van der Waals surface area contributed by atoms with Crippen molar-refractivity contribution in [2.45, 2.75) is 31.2 Å². The highest BCUT2D eigenvalue weighted by Crippen LogP contribution is 2.62. The lowest BCUT2D eigenvalue weighted by Gasteiger charge is -2.41. The van der Waals surface area contributed by atoms with E-state index < -0.39 is 32.8 Å². The third kappa shape index (κ3) is 3.76.